The smallest absolute Gasteiger partial charge is 0.158 e. The van der Waals surface area contributed by atoms with Gasteiger partial charge in [0, 0.05) is 33.4 Å². The SMILES string of the molecule is O=S1(=O)CC(CNc2ccccc2Br)=C(CNc2ccccc2Br)C1. The van der Waals surface area contributed by atoms with E-state index in [1.807, 2.05) is 48.5 Å². The maximum atomic E-state index is 12.1. The van der Waals surface area contributed by atoms with Crippen LogP contribution in [0.2, 0.25) is 0 Å². The highest BCUT2D eigenvalue weighted by Gasteiger charge is 2.27. The molecular weight excluding hydrogens is 468 g/mol. The maximum absolute atomic E-state index is 12.1. The van der Waals surface area contributed by atoms with Gasteiger partial charge in [-0.3, -0.25) is 0 Å². The molecule has 2 N–H and O–H groups in total. The average molecular weight is 486 g/mol. The van der Waals surface area contributed by atoms with E-state index in [4.69, 9.17) is 0 Å². The van der Waals surface area contributed by atoms with Crippen molar-refractivity contribution in [2.24, 2.45) is 0 Å². The number of hydrogen-bond acceptors (Lipinski definition) is 4. The van der Waals surface area contributed by atoms with Crippen molar-refractivity contribution in [3.63, 3.8) is 0 Å². The highest BCUT2D eigenvalue weighted by atomic mass is 79.9. The van der Waals surface area contributed by atoms with Gasteiger partial charge in [-0.05, 0) is 67.3 Å². The predicted molar refractivity (Wildman–Crippen MR) is 111 cm³/mol. The number of benzene rings is 2. The van der Waals surface area contributed by atoms with Gasteiger partial charge < -0.3 is 10.6 Å². The third-order valence-electron chi connectivity index (χ3n) is 4.02. The Morgan fingerprint density at radius 3 is 1.56 bits per heavy atom. The highest BCUT2D eigenvalue weighted by Crippen LogP contribution is 2.26. The van der Waals surface area contributed by atoms with E-state index < -0.39 is 9.84 Å². The molecule has 0 bridgehead atoms. The zero-order valence-electron chi connectivity index (χ0n) is 13.4. The first-order valence-electron chi connectivity index (χ1n) is 7.81. The molecule has 25 heavy (non-hydrogen) atoms. The summed E-state index contributed by atoms with van der Waals surface area (Å²) in [5.74, 6) is 0.245. The number of hydrogen-bond donors (Lipinski definition) is 2. The zero-order valence-corrected chi connectivity index (χ0v) is 17.4. The van der Waals surface area contributed by atoms with Gasteiger partial charge in [-0.15, -0.1) is 0 Å². The molecule has 0 saturated heterocycles. The van der Waals surface area contributed by atoms with E-state index >= 15 is 0 Å². The predicted octanol–water partition coefficient (Wildman–Crippen LogP) is 4.46. The Hall–Kier alpha value is -1.31. The molecule has 0 aromatic heterocycles. The second kappa shape index (κ2) is 7.93. The quantitative estimate of drug-likeness (QED) is 0.593. The standard InChI is InChI=1S/C18H18Br2N2O2S/c19-15-5-1-3-7-17(15)21-9-13-11-25(23,24)12-14(13)10-22-18-8-4-2-6-16(18)20/h1-8,21-22H,9-12H2. The van der Waals surface area contributed by atoms with Gasteiger partial charge in [0.2, 0.25) is 0 Å². The van der Waals surface area contributed by atoms with Crippen LogP contribution in [0.15, 0.2) is 68.6 Å². The van der Waals surface area contributed by atoms with Crippen LogP contribution in [0.3, 0.4) is 0 Å². The fourth-order valence-corrected chi connectivity index (χ4v) is 5.38. The maximum Gasteiger partial charge on any atom is 0.158 e. The average Bonchev–Trinajstić information content (AvgIpc) is 2.87. The Morgan fingerprint density at radius 2 is 1.16 bits per heavy atom. The topological polar surface area (TPSA) is 58.2 Å². The zero-order chi connectivity index (χ0) is 17.9. The first-order valence-corrected chi connectivity index (χ1v) is 11.2. The second-order valence-electron chi connectivity index (χ2n) is 5.91. The summed E-state index contributed by atoms with van der Waals surface area (Å²) < 4.78 is 26.1. The minimum atomic E-state index is -3.05. The largest absolute Gasteiger partial charge is 0.380 e. The van der Waals surface area contributed by atoms with Crippen molar-refractivity contribution in [3.05, 3.63) is 68.6 Å². The van der Waals surface area contributed by atoms with Crippen LogP contribution in [0.5, 0.6) is 0 Å². The van der Waals surface area contributed by atoms with Gasteiger partial charge in [0.25, 0.3) is 0 Å². The molecule has 1 aliphatic heterocycles. The first-order chi connectivity index (χ1) is 11.9. The molecular formula is C18H18Br2N2O2S. The van der Waals surface area contributed by atoms with Gasteiger partial charge in [0.15, 0.2) is 9.84 Å². The van der Waals surface area contributed by atoms with E-state index in [-0.39, 0.29) is 11.5 Å². The Morgan fingerprint density at radius 1 is 0.760 bits per heavy atom. The molecule has 0 unspecified atom stereocenters. The Kier molecular flexibility index (Phi) is 5.86. The molecule has 4 nitrogen and oxygen atoms in total. The molecule has 0 radical (unpaired) electrons. The minimum Gasteiger partial charge on any atom is -0.380 e. The van der Waals surface area contributed by atoms with Crippen molar-refractivity contribution >= 4 is 53.1 Å². The van der Waals surface area contributed by atoms with Gasteiger partial charge in [-0.25, -0.2) is 8.42 Å². The van der Waals surface area contributed by atoms with E-state index in [2.05, 4.69) is 42.5 Å². The van der Waals surface area contributed by atoms with Crippen LogP contribution in [0.1, 0.15) is 0 Å². The molecule has 0 saturated carbocycles. The van der Waals surface area contributed by atoms with Gasteiger partial charge in [0.05, 0.1) is 11.5 Å². The Balaban J connectivity index is 1.72. The van der Waals surface area contributed by atoms with E-state index in [1.54, 1.807) is 0 Å². The number of para-hydroxylation sites is 2. The van der Waals surface area contributed by atoms with Crippen molar-refractivity contribution in [2.45, 2.75) is 0 Å². The molecule has 7 heteroatoms. The van der Waals surface area contributed by atoms with Crippen LogP contribution in [0, 0.1) is 0 Å². The molecule has 0 fully saturated rings. The third-order valence-corrected chi connectivity index (χ3v) is 6.98. The lowest BCUT2D eigenvalue weighted by Gasteiger charge is -2.12. The number of rotatable bonds is 6. The van der Waals surface area contributed by atoms with Gasteiger partial charge in [0.1, 0.15) is 0 Å². The molecule has 0 aliphatic carbocycles. The van der Waals surface area contributed by atoms with Crippen LogP contribution in [0.4, 0.5) is 11.4 Å². The van der Waals surface area contributed by atoms with Gasteiger partial charge >= 0.3 is 0 Å². The molecule has 0 spiro atoms. The highest BCUT2D eigenvalue weighted by molar-refractivity contribution is 9.11. The minimum absolute atomic E-state index is 0.122. The summed E-state index contributed by atoms with van der Waals surface area (Å²) in [7, 11) is -3.05. The summed E-state index contributed by atoms with van der Waals surface area (Å²) in [6.45, 7) is 1.05. The lowest BCUT2D eigenvalue weighted by atomic mass is 10.1. The summed E-state index contributed by atoms with van der Waals surface area (Å²) in [5, 5.41) is 6.65. The van der Waals surface area contributed by atoms with Crippen LogP contribution in [-0.4, -0.2) is 33.0 Å². The van der Waals surface area contributed by atoms with E-state index in [0.29, 0.717) is 13.1 Å². The molecule has 2 aromatic carbocycles. The fraction of sp³-hybridized carbons (Fsp3) is 0.222. The summed E-state index contributed by atoms with van der Waals surface area (Å²) in [4.78, 5) is 0. The van der Waals surface area contributed by atoms with Crippen molar-refractivity contribution in [2.75, 3.05) is 35.2 Å². The number of sulfone groups is 1. The van der Waals surface area contributed by atoms with Crippen LogP contribution in [-0.2, 0) is 9.84 Å². The van der Waals surface area contributed by atoms with Gasteiger partial charge in [-0.2, -0.15) is 0 Å². The fourth-order valence-electron chi connectivity index (χ4n) is 2.75. The summed E-state index contributed by atoms with van der Waals surface area (Å²) in [5.41, 5.74) is 3.79. The molecule has 1 aliphatic rings. The summed E-state index contributed by atoms with van der Waals surface area (Å²) >= 11 is 7.00. The second-order valence-corrected chi connectivity index (χ2v) is 9.68. The molecule has 2 aromatic rings. The normalized spacial score (nSPS) is 16.1. The number of anilines is 2. The van der Waals surface area contributed by atoms with Crippen molar-refractivity contribution < 1.29 is 8.42 Å². The third kappa shape index (κ3) is 4.86. The summed E-state index contributed by atoms with van der Waals surface area (Å²) in [6, 6.07) is 15.6. The van der Waals surface area contributed by atoms with Crippen LogP contribution >= 0.6 is 31.9 Å². The van der Waals surface area contributed by atoms with E-state index in [9.17, 15) is 8.42 Å². The van der Waals surface area contributed by atoms with Crippen LogP contribution in [0.25, 0.3) is 0 Å². The first kappa shape index (κ1) is 18.5. The van der Waals surface area contributed by atoms with Crippen LogP contribution < -0.4 is 10.6 Å². The molecule has 0 amide bonds. The molecule has 1 heterocycles. The Labute approximate surface area is 164 Å². The lowest BCUT2D eigenvalue weighted by molar-refractivity contribution is 0.602. The van der Waals surface area contributed by atoms with Crippen molar-refractivity contribution in [3.8, 4) is 0 Å². The van der Waals surface area contributed by atoms with Crippen molar-refractivity contribution in [1.82, 2.24) is 0 Å². The molecule has 0 atom stereocenters. The number of nitrogens with one attached hydrogen (secondary N) is 2. The molecule has 3 rings (SSSR count). The Bertz CT molecular complexity index is 843. The van der Waals surface area contributed by atoms with Crippen molar-refractivity contribution in [1.29, 1.82) is 0 Å². The monoisotopic (exact) mass is 484 g/mol. The summed E-state index contributed by atoms with van der Waals surface area (Å²) in [6.07, 6.45) is 0. The van der Waals surface area contributed by atoms with E-state index in [1.165, 1.54) is 0 Å². The lowest BCUT2D eigenvalue weighted by Crippen LogP contribution is -2.12. The van der Waals surface area contributed by atoms with Gasteiger partial charge in [-0.1, -0.05) is 24.3 Å². The molecule has 132 valence electrons. The number of halogens is 2. The van der Waals surface area contributed by atoms with E-state index in [0.717, 1.165) is 31.5 Å².